The molecule has 6 nitrogen and oxygen atoms in total. The van der Waals surface area contributed by atoms with E-state index in [1.54, 1.807) is 0 Å². The summed E-state index contributed by atoms with van der Waals surface area (Å²) >= 11 is 0. The van der Waals surface area contributed by atoms with Gasteiger partial charge in [-0.1, -0.05) is 11.6 Å². The van der Waals surface area contributed by atoms with E-state index in [9.17, 15) is 4.79 Å². The molecule has 1 saturated heterocycles. The van der Waals surface area contributed by atoms with Crippen molar-refractivity contribution in [3.8, 4) is 0 Å². The van der Waals surface area contributed by atoms with E-state index in [1.165, 1.54) is 11.1 Å². The van der Waals surface area contributed by atoms with Crippen LogP contribution < -0.4 is 5.32 Å². The molecule has 144 valence electrons. The molecule has 28 heavy (non-hydrogen) atoms. The number of carbonyl (C=O) groups is 1. The lowest BCUT2D eigenvalue weighted by Crippen LogP contribution is -2.33. The second kappa shape index (κ2) is 6.71. The summed E-state index contributed by atoms with van der Waals surface area (Å²) < 4.78 is 2.01. The highest BCUT2D eigenvalue weighted by atomic mass is 16.2. The molecular formula is C22H25N5O. The zero-order valence-electron chi connectivity index (χ0n) is 16.4. The van der Waals surface area contributed by atoms with Gasteiger partial charge in [0, 0.05) is 61.5 Å². The maximum absolute atomic E-state index is 13.4. The zero-order valence-corrected chi connectivity index (χ0v) is 16.4. The molecule has 2 aromatic heterocycles. The second-order valence-corrected chi connectivity index (χ2v) is 7.93. The van der Waals surface area contributed by atoms with Gasteiger partial charge in [0.15, 0.2) is 5.82 Å². The van der Waals surface area contributed by atoms with Gasteiger partial charge in [-0.3, -0.25) is 4.79 Å². The molecule has 0 radical (unpaired) electrons. The molecule has 1 atom stereocenters. The van der Waals surface area contributed by atoms with E-state index in [4.69, 9.17) is 4.98 Å². The van der Waals surface area contributed by atoms with Gasteiger partial charge in [0.05, 0.1) is 6.04 Å². The standard InChI is InChI=1S/C22H25N5O/c1-14-5-6-18-15(10-14)11-20(26(18)2)22(28)27-9-3-4-19(27)21-24-13-16-12-23-8-7-17(16)25-21/h5-6,10-11,13,19,23H,3-4,7-9,12H2,1-2H3/t19-/m1/s1. The average molecular weight is 375 g/mol. The Morgan fingerprint density at radius 2 is 2.18 bits per heavy atom. The largest absolute Gasteiger partial charge is 0.340 e. The normalized spacial score (nSPS) is 19.2. The number of amides is 1. The molecule has 4 heterocycles. The molecule has 5 rings (SSSR count). The van der Waals surface area contributed by atoms with Gasteiger partial charge in [-0.2, -0.15) is 0 Å². The molecule has 2 aliphatic heterocycles. The van der Waals surface area contributed by atoms with Crippen molar-refractivity contribution in [3.05, 3.63) is 58.8 Å². The highest BCUT2D eigenvalue weighted by molar-refractivity contribution is 5.99. The summed E-state index contributed by atoms with van der Waals surface area (Å²) in [5.74, 6) is 0.864. The van der Waals surface area contributed by atoms with Crippen LogP contribution in [0.1, 0.15) is 52.0 Å². The van der Waals surface area contributed by atoms with Crippen LogP contribution in [0.15, 0.2) is 30.5 Å². The van der Waals surface area contributed by atoms with Crippen LogP contribution in [0.25, 0.3) is 10.9 Å². The summed E-state index contributed by atoms with van der Waals surface area (Å²) in [7, 11) is 1.97. The quantitative estimate of drug-likeness (QED) is 0.748. The van der Waals surface area contributed by atoms with Crippen LogP contribution in [0, 0.1) is 6.92 Å². The molecule has 3 aromatic rings. The first-order valence-electron chi connectivity index (χ1n) is 10.0. The van der Waals surface area contributed by atoms with Gasteiger partial charge in [-0.05, 0) is 38.0 Å². The Balaban J connectivity index is 1.48. The number of aryl methyl sites for hydroxylation is 2. The summed E-state index contributed by atoms with van der Waals surface area (Å²) in [5.41, 5.74) is 5.32. The third kappa shape index (κ3) is 2.79. The molecule has 0 bridgehead atoms. The van der Waals surface area contributed by atoms with E-state index < -0.39 is 0 Å². The van der Waals surface area contributed by atoms with E-state index in [1.807, 2.05) is 28.8 Å². The Bertz CT molecular complexity index is 1070. The predicted octanol–water partition coefficient (Wildman–Crippen LogP) is 2.90. The molecular weight excluding hydrogens is 350 g/mol. The number of nitrogens with zero attached hydrogens (tertiary/aromatic N) is 4. The van der Waals surface area contributed by atoms with Gasteiger partial charge >= 0.3 is 0 Å². The summed E-state index contributed by atoms with van der Waals surface area (Å²) in [6.07, 6.45) is 4.77. The van der Waals surface area contributed by atoms with Gasteiger partial charge in [0.1, 0.15) is 5.69 Å². The molecule has 1 amide bonds. The molecule has 0 saturated carbocycles. The molecule has 0 spiro atoms. The number of rotatable bonds is 2. The van der Waals surface area contributed by atoms with Crippen LogP contribution in [0.2, 0.25) is 0 Å². The van der Waals surface area contributed by atoms with Crippen molar-refractivity contribution in [3.63, 3.8) is 0 Å². The van der Waals surface area contributed by atoms with E-state index >= 15 is 0 Å². The Morgan fingerprint density at radius 1 is 1.29 bits per heavy atom. The number of carbonyl (C=O) groups excluding carboxylic acids is 1. The minimum atomic E-state index is -0.0348. The Kier molecular flexibility index (Phi) is 4.16. The SMILES string of the molecule is Cc1ccc2c(c1)cc(C(=O)N1CCC[C@@H]1c1ncc3c(n1)CCNC3)n2C. The lowest BCUT2D eigenvalue weighted by Gasteiger charge is -2.25. The maximum Gasteiger partial charge on any atom is 0.271 e. The van der Waals surface area contributed by atoms with Crippen molar-refractivity contribution in [1.29, 1.82) is 0 Å². The van der Waals surface area contributed by atoms with Gasteiger partial charge in [0.2, 0.25) is 0 Å². The van der Waals surface area contributed by atoms with Gasteiger partial charge < -0.3 is 14.8 Å². The number of nitrogens with one attached hydrogen (secondary N) is 1. The topological polar surface area (TPSA) is 63.1 Å². The van der Waals surface area contributed by atoms with Crippen LogP contribution in [-0.2, 0) is 20.0 Å². The molecule has 6 heteroatoms. The highest BCUT2D eigenvalue weighted by Crippen LogP contribution is 2.33. The molecule has 0 unspecified atom stereocenters. The smallest absolute Gasteiger partial charge is 0.271 e. The minimum Gasteiger partial charge on any atom is -0.340 e. The van der Waals surface area contributed by atoms with Crippen molar-refractivity contribution < 1.29 is 4.79 Å². The highest BCUT2D eigenvalue weighted by Gasteiger charge is 2.34. The van der Waals surface area contributed by atoms with Crippen LogP contribution in [-0.4, -0.2) is 38.4 Å². The number of likely N-dealkylation sites (tertiary alicyclic amines) is 1. The number of benzene rings is 1. The Morgan fingerprint density at radius 3 is 3.07 bits per heavy atom. The van der Waals surface area contributed by atoms with Crippen molar-refractivity contribution in [2.75, 3.05) is 13.1 Å². The summed E-state index contributed by atoms with van der Waals surface area (Å²) in [6, 6.07) is 8.29. The lowest BCUT2D eigenvalue weighted by atomic mass is 10.1. The average Bonchev–Trinajstić information content (AvgIpc) is 3.32. The Hall–Kier alpha value is -2.73. The van der Waals surface area contributed by atoms with Gasteiger partial charge in [-0.25, -0.2) is 9.97 Å². The third-order valence-corrected chi connectivity index (χ3v) is 6.06. The van der Waals surface area contributed by atoms with Crippen molar-refractivity contribution >= 4 is 16.8 Å². The molecule has 1 N–H and O–H groups in total. The fraction of sp³-hybridized carbons (Fsp3) is 0.409. The fourth-order valence-corrected chi connectivity index (χ4v) is 4.51. The number of hydrogen-bond acceptors (Lipinski definition) is 4. The maximum atomic E-state index is 13.4. The van der Waals surface area contributed by atoms with Gasteiger partial charge in [0.25, 0.3) is 5.91 Å². The third-order valence-electron chi connectivity index (χ3n) is 6.06. The van der Waals surface area contributed by atoms with Crippen molar-refractivity contribution in [2.45, 2.75) is 38.8 Å². The summed E-state index contributed by atoms with van der Waals surface area (Å²) in [4.78, 5) is 24.9. The van der Waals surface area contributed by atoms with Crippen LogP contribution >= 0.6 is 0 Å². The van der Waals surface area contributed by atoms with Crippen LogP contribution in [0.5, 0.6) is 0 Å². The van der Waals surface area contributed by atoms with Crippen molar-refractivity contribution in [1.82, 2.24) is 24.8 Å². The summed E-state index contributed by atoms with van der Waals surface area (Å²) in [6.45, 7) is 4.61. The van der Waals surface area contributed by atoms with E-state index in [2.05, 4.69) is 35.4 Å². The first-order chi connectivity index (χ1) is 13.6. The zero-order chi connectivity index (χ0) is 19.3. The van der Waals surface area contributed by atoms with Crippen LogP contribution in [0.3, 0.4) is 0 Å². The molecule has 2 aliphatic rings. The number of fused-ring (bicyclic) bond motifs is 2. The minimum absolute atomic E-state index is 0.0348. The van der Waals surface area contributed by atoms with E-state index in [0.717, 1.165) is 67.0 Å². The summed E-state index contributed by atoms with van der Waals surface area (Å²) in [5, 5.41) is 4.46. The number of aromatic nitrogens is 3. The van der Waals surface area contributed by atoms with Gasteiger partial charge in [-0.15, -0.1) is 0 Å². The Labute approximate surface area is 164 Å². The predicted molar refractivity (Wildman–Crippen MR) is 108 cm³/mol. The molecule has 0 aliphatic carbocycles. The molecule has 1 fully saturated rings. The monoisotopic (exact) mass is 375 g/mol. The number of hydrogen-bond donors (Lipinski definition) is 1. The fourth-order valence-electron chi connectivity index (χ4n) is 4.51. The van der Waals surface area contributed by atoms with E-state index in [0.29, 0.717) is 0 Å². The van der Waals surface area contributed by atoms with E-state index in [-0.39, 0.29) is 11.9 Å². The lowest BCUT2D eigenvalue weighted by molar-refractivity contribution is 0.0720. The molecule has 1 aromatic carbocycles. The van der Waals surface area contributed by atoms with Crippen molar-refractivity contribution in [2.24, 2.45) is 7.05 Å². The first kappa shape index (κ1) is 17.4. The first-order valence-corrected chi connectivity index (χ1v) is 10.0. The van der Waals surface area contributed by atoms with Crippen LogP contribution in [0.4, 0.5) is 0 Å². The second-order valence-electron chi connectivity index (χ2n) is 7.93.